The Labute approximate surface area is 120 Å². The van der Waals surface area contributed by atoms with E-state index in [0.29, 0.717) is 0 Å². The molecule has 0 aliphatic rings. The first kappa shape index (κ1) is 16.4. The van der Waals surface area contributed by atoms with Gasteiger partial charge in [0.2, 0.25) is 10.0 Å². The number of aliphatic hydroxyl groups excluding tert-OH is 1. The second-order valence-electron chi connectivity index (χ2n) is 4.46. The van der Waals surface area contributed by atoms with Gasteiger partial charge < -0.3 is 10.8 Å². The van der Waals surface area contributed by atoms with Crippen molar-refractivity contribution in [2.24, 2.45) is 5.92 Å². The molecule has 0 bridgehead atoms. The summed E-state index contributed by atoms with van der Waals surface area (Å²) in [6.07, 6.45) is 0. The highest BCUT2D eigenvalue weighted by Gasteiger charge is 2.25. The van der Waals surface area contributed by atoms with Gasteiger partial charge in [-0.15, -0.1) is 0 Å². The lowest BCUT2D eigenvalue weighted by Gasteiger charge is -2.20. The van der Waals surface area contributed by atoms with Crippen LogP contribution in [0, 0.1) is 11.7 Å². The molecule has 0 saturated heterocycles. The Bertz CT molecular complexity index is 563. The molecule has 0 spiro atoms. The van der Waals surface area contributed by atoms with Gasteiger partial charge in [-0.05, 0) is 34.0 Å². The summed E-state index contributed by atoms with van der Waals surface area (Å²) in [5.74, 6) is -1.04. The van der Waals surface area contributed by atoms with Gasteiger partial charge in [-0.25, -0.2) is 17.5 Å². The molecule has 1 aromatic rings. The van der Waals surface area contributed by atoms with Crippen LogP contribution in [0.5, 0.6) is 0 Å². The van der Waals surface area contributed by atoms with Crippen molar-refractivity contribution in [2.45, 2.75) is 24.8 Å². The first-order valence-electron chi connectivity index (χ1n) is 5.56. The normalized spacial score (nSPS) is 13.8. The minimum absolute atomic E-state index is 0.117. The van der Waals surface area contributed by atoms with Crippen molar-refractivity contribution in [1.82, 2.24) is 4.72 Å². The maximum absolute atomic E-state index is 13.7. The molecule has 1 rings (SSSR count). The van der Waals surface area contributed by atoms with E-state index in [0.717, 1.165) is 12.1 Å². The van der Waals surface area contributed by atoms with E-state index in [2.05, 4.69) is 20.7 Å². The summed E-state index contributed by atoms with van der Waals surface area (Å²) < 4.78 is 40.4. The lowest BCUT2D eigenvalue weighted by atomic mass is 10.1. The van der Waals surface area contributed by atoms with E-state index in [1.54, 1.807) is 13.8 Å². The van der Waals surface area contributed by atoms with Crippen molar-refractivity contribution in [3.63, 3.8) is 0 Å². The average Bonchev–Trinajstić information content (AvgIpc) is 2.30. The summed E-state index contributed by atoms with van der Waals surface area (Å²) in [7, 11) is -4.07. The van der Waals surface area contributed by atoms with E-state index in [4.69, 9.17) is 10.8 Å². The van der Waals surface area contributed by atoms with Crippen molar-refractivity contribution in [3.05, 3.63) is 22.4 Å². The third-order valence-corrected chi connectivity index (χ3v) is 4.84. The van der Waals surface area contributed by atoms with Gasteiger partial charge in [0.25, 0.3) is 0 Å². The summed E-state index contributed by atoms with van der Waals surface area (Å²) in [5, 5.41) is 9.12. The Kier molecular flexibility index (Phi) is 5.31. The van der Waals surface area contributed by atoms with Gasteiger partial charge in [0.05, 0.1) is 6.61 Å². The lowest BCUT2D eigenvalue weighted by molar-refractivity contribution is 0.227. The molecule has 0 unspecified atom stereocenters. The number of nitrogen functional groups attached to an aromatic ring is 1. The fraction of sp³-hybridized carbons (Fsp3) is 0.455. The fourth-order valence-electron chi connectivity index (χ4n) is 1.40. The van der Waals surface area contributed by atoms with Gasteiger partial charge in [0, 0.05) is 16.2 Å². The van der Waals surface area contributed by atoms with Gasteiger partial charge in [-0.2, -0.15) is 0 Å². The van der Waals surface area contributed by atoms with Gasteiger partial charge in [-0.3, -0.25) is 0 Å². The highest BCUT2D eigenvalue weighted by Crippen LogP contribution is 2.26. The Morgan fingerprint density at radius 2 is 2.05 bits per heavy atom. The zero-order chi connectivity index (χ0) is 14.8. The predicted molar refractivity (Wildman–Crippen MR) is 74.5 cm³/mol. The summed E-state index contributed by atoms with van der Waals surface area (Å²) in [6, 6.07) is 1.35. The van der Waals surface area contributed by atoms with Crippen LogP contribution in [0.3, 0.4) is 0 Å². The Balaban J connectivity index is 3.17. The molecule has 0 saturated carbocycles. The molecule has 108 valence electrons. The summed E-state index contributed by atoms with van der Waals surface area (Å²) in [4.78, 5) is -0.535. The van der Waals surface area contributed by atoms with Crippen LogP contribution in [0.2, 0.25) is 0 Å². The van der Waals surface area contributed by atoms with Gasteiger partial charge in [0.1, 0.15) is 10.7 Å². The molecule has 0 aliphatic heterocycles. The molecule has 1 aromatic carbocycles. The number of nitrogens with two attached hydrogens (primary N) is 1. The second-order valence-corrected chi connectivity index (χ2v) is 7.00. The molecule has 0 heterocycles. The molecule has 4 N–H and O–H groups in total. The van der Waals surface area contributed by atoms with Crippen LogP contribution in [0.1, 0.15) is 13.8 Å². The highest BCUT2D eigenvalue weighted by molar-refractivity contribution is 9.10. The van der Waals surface area contributed by atoms with Crippen LogP contribution >= 0.6 is 15.9 Å². The van der Waals surface area contributed by atoms with Crippen LogP contribution in [-0.2, 0) is 10.0 Å². The average molecular weight is 355 g/mol. The zero-order valence-corrected chi connectivity index (χ0v) is 12.9. The molecule has 0 radical (unpaired) electrons. The van der Waals surface area contributed by atoms with Crippen molar-refractivity contribution in [1.29, 1.82) is 0 Å². The van der Waals surface area contributed by atoms with Crippen molar-refractivity contribution in [3.8, 4) is 0 Å². The fourth-order valence-corrected chi connectivity index (χ4v) is 3.18. The minimum atomic E-state index is -4.07. The predicted octanol–water partition coefficient (Wildman–Crippen LogP) is 1.47. The molecule has 0 aromatic heterocycles. The van der Waals surface area contributed by atoms with Gasteiger partial charge in [0.15, 0.2) is 0 Å². The number of benzene rings is 1. The first-order chi connectivity index (χ1) is 8.69. The van der Waals surface area contributed by atoms with E-state index in [1.165, 1.54) is 0 Å². The highest BCUT2D eigenvalue weighted by atomic mass is 79.9. The van der Waals surface area contributed by atoms with Crippen molar-refractivity contribution in [2.75, 3.05) is 12.3 Å². The Morgan fingerprint density at radius 1 is 1.47 bits per heavy atom. The number of hydrogen-bond donors (Lipinski definition) is 3. The maximum Gasteiger partial charge on any atom is 0.243 e. The molecule has 5 nitrogen and oxygen atoms in total. The van der Waals surface area contributed by atoms with E-state index in [1.807, 2.05) is 0 Å². The third kappa shape index (κ3) is 3.88. The topological polar surface area (TPSA) is 92.4 Å². The number of anilines is 1. The number of sulfonamides is 1. The molecule has 0 amide bonds. The van der Waals surface area contributed by atoms with E-state index in [9.17, 15) is 12.8 Å². The molecule has 1 atom stereocenters. The number of nitrogens with one attached hydrogen (secondary N) is 1. The number of aliphatic hydroxyl groups is 1. The first-order valence-corrected chi connectivity index (χ1v) is 7.84. The van der Waals surface area contributed by atoms with Crippen LogP contribution in [0.15, 0.2) is 21.5 Å². The van der Waals surface area contributed by atoms with Gasteiger partial charge >= 0.3 is 0 Å². The third-order valence-electron chi connectivity index (χ3n) is 2.65. The molecule has 19 heavy (non-hydrogen) atoms. The molecule has 0 fully saturated rings. The largest absolute Gasteiger partial charge is 0.398 e. The molecule has 0 aliphatic carbocycles. The van der Waals surface area contributed by atoms with Gasteiger partial charge in [-0.1, -0.05) is 13.8 Å². The van der Waals surface area contributed by atoms with Crippen LogP contribution in [0.4, 0.5) is 10.1 Å². The quantitative estimate of drug-likeness (QED) is 0.698. The van der Waals surface area contributed by atoms with Crippen LogP contribution < -0.4 is 10.5 Å². The Morgan fingerprint density at radius 3 is 2.53 bits per heavy atom. The standard InChI is InChI=1S/C11H16BrFN2O3S/c1-6(2)10(5-16)15-19(17,18)11-4-9(14)7(12)3-8(11)13/h3-4,6,10,15-16H,5,14H2,1-2H3/t10-/m1/s1. The zero-order valence-electron chi connectivity index (χ0n) is 10.5. The molecule has 8 heteroatoms. The van der Waals surface area contributed by atoms with Crippen molar-refractivity contribution < 1.29 is 17.9 Å². The molecular weight excluding hydrogens is 339 g/mol. The Hall–Kier alpha value is -0.700. The summed E-state index contributed by atoms with van der Waals surface area (Å²) in [5.41, 5.74) is 5.67. The summed E-state index contributed by atoms with van der Waals surface area (Å²) in [6.45, 7) is 3.12. The van der Waals surface area contributed by atoms with Crippen molar-refractivity contribution >= 4 is 31.6 Å². The lowest BCUT2D eigenvalue weighted by Crippen LogP contribution is -2.41. The van der Waals surface area contributed by atoms with E-state index >= 15 is 0 Å². The smallest absolute Gasteiger partial charge is 0.243 e. The maximum atomic E-state index is 13.7. The SMILES string of the molecule is CC(C)[C@@H](CO)NS(=O)(=O)c1cc(N)c(Br)cc1F. The summed E-state index contributed by atoms with van der Waals surface area (Å²) >= 11 is 3.01. The number of hydrogen-bond acceptors (Lipinski definition) is 4. The minimum Gasteiger partial charge on any atom is -0.398 e. The van der Waals surface area contributed by atoms with Crippen LogP contribution in [-0.4, -0.2) is 26.2 Å². The monoisotopic (exact) mass is 354 g/mol. The number of halogens is 2. The second kappa shape index (κ2) is 6.17. The number of rotatable bonds is 5. The van der Waals surface area contributed by atoms with E-state index in [-0.39, 0.29) is 22.7 Å². The van der Waals surface area contributed by atoms with E-state index < -0.39 is 26.8 Å². The van der Waals surface area contributed by atoms with Crippen LogP contribution in [0.25, 0.3) is 0 Å². The molecular formula is C11H16BrFN2O3S.